The number of halogens is 4. The van der Waals surface area contributed by atoms with E-state index in [2.05, 4.69) is 43.4 Å². The van der Waals surface area contributed by atoms with E-state index >= 15 is 0 Å². The number of aryl methyl sites for hydroxylation is 2. The Labute approximate surface area is 207 Å². The van der Waals surface area contributed by atoms with Crippen LogP contribution < -0.4 is 5.32 Å². The smallest absolute Gasteiger partial charge is 0.481 e. The number of hydrogen-bond acceptors (Lipinski definition) is 4. The van der Waals surface area contributed by atoms with E-state index < -0.39 is 24.2 Å². The molecule has 0 unspecified atom stereocenters. The molecule has 0 aromatic heterocycles. The first-order valence-corrected chi connectivity index (χ1v) is 11.4. The van der Waals surface area contributed by atoms with Crippen LogP contribution in [0.4, 0.5) is 13.2 Å². The molecule has 0 aliphatic rings. The first-order chi connectivity index (χ1) is 16.2. The number of β-amino-alcohol motifs (C(OH)–C–C–N with tert-alkyl or cyclic N) is 1. The summed E-state index contributed by atoms with van der Waals surface area (Å²) in [5, 5.41) is 30.5. The second kappa shape index (κ2) is 14.1. The topological polar surface area (TPSA) is 107 Å². The third kappa shape index (κ3) is 12.6. The predicted molar refractivity (Wildman–Crippen MR) is 128 cm³/mol. The summed E-state index contributed by atoms with van der Waals surface area (Å²) in [4.78, 5) is 19.7. The molecule has 0 spiro atoms. The van der Waals surface area contributed by atoms with Crippen molar-refractivity contribution < 1.29 is 38.1 Å². The fourth-order valence-electron chi connectivity index (χ4n) is 3.21. The molecular formula is C25H31ClF3NO5. The SMILES string of the molecule is CC(C)(CCCc1ccccc1)NC[C@@H](O)c1cc(CCC(=O)O)ccc1Cl.O=C(O)C(F)(F)F. The summed E-state index contributed by atoms with van der Waals surface area (Å²) in [5.74, 6) is -3.59. The number of carboxylic acids is 2. The minimum Gasteiger partial charge on any atom is -0.481 e. The van der Waals surface area contributed by atoms with Crippen molar-refractivity contribution in [3.8, 4) is 0 Å². The van der Waals surface area contributed by atoms with Crippen LogP contribution in [0.2, 0.25) is 5.02 Å². The van der Waals surface area contributed by atoms with Crippen molar-refractivity contribution >= 4 is 23.5 Å². The second-order valence-electron chi connectivity index (χ2n) is 8.67. The maximum Gasteiger partial charge on any atom is 0.490 e. The van der Waals surface area contributed by atoms with Gasteiger partial charge >= 0.3 is 18.1 Å². The molecule has 0 saturated carbocycles. The number of carbonyl (C=O) groups is 2. The van der Waals surface area contributed by atoms with Crippen LogP contribution >= 0.6 is 11.6 Å². The number of benzene rings is 2. The van der Waals surface area contributed by atoms with Gasteiger partial charge in [0.2, 0.25) is 0 Å². The molecule has 2 aromatic rings. The Morgan fingerprint density at radius 3 is 2.14 bits per heavy atom. The Kier molecular flexibility index (Phi) is 12.2. The van der Waals surface area contributed by atoms with Crippen LogP contribution in [-0.4, -0.2) is 45.5 Å². The van der Waals surface area contributed by atoms with Gasteiger partial charge in [-0.15, -0.1) is 0 Å². The van der Waals surface area contributed by atoms with Crippen LogP contribution in [0, 0.1) is 0 Å². The largest absolute Gasteiger partial charge is 0.490 e. The number of aliphatic carboxylic acids is 2. The van der Waals surface area contributed by atoms with Crippen LogP contribution in [0.1, 0.15) is 55.9 Å². The highest BCUT2D eigenvalue weighted by atomic mass is 35.5. The van der Waals surface area contributed by atoms with Gasteiger partial charge in [0, 0.05) is 29.1 Å². The van der Waals surface area contributed by atoms with Crippen molar-refractivity contribution in [2.45, 2.75) is 63.8 Å². The number of rotatable bonds is 11. The molecule has 2 rings (SSSR count). The zero-order valence-corrected chi connectivity index (χ0v) is 20.4. The molecule has 2 aromatic carbocycles. The maximum atomic E-state index is 10.8. The number of hydrogen-bond donors (Lipinski definition) is 4. The average Bonchev–Trinajstić information content (AvgIpc) is 2.77. The molecule has 0 amide bonds. The zero-order chi connectivity index (χ0) is 26.6. The summed E-state index contributed by atoms with van der Waals surface area (Å²) in [7, 11) is 0. The third-order valence-corrected chi connectivity index (χ3v) is 5.52. The lowest BCUT2D eigenvalue weighted by molar-refractivity contribution is -0.192. The molecule has 0 aliphatic heterocycles. The van der Waals surface area contributed by atoms with Crippen molar-refractivity contribution in [2.75, 3.05) is 6.54 Å². The van der Waals surface area contributed by atoms with Crippen LogP contribution in [-0.2, 0) is 22.4 Å². The van der Waals surface area contributed by atoms with E-state index in [4.69, 9.17) is 26.6 Å². The van der Waals surface area contributed by atoms with E-state index in [1.165, 1.54) is 5.56 Å². The van der Waals surface area contributed by atoms with E-state index in [9.17, 15) is 23.1 Å². The van der Waals surface area contributed by atoms with Gasteiger partial charge in [0.15, 0.2) is 0 Å². The molecule has 0 radical (unpaired) electrons. The molecule has 0 saturated heterocycles. The van der Waals surface area contributed by atoms with Crippen molar-refractivity contribution in [3.05, 3.63) is 70.2 Å². The molecule has 0 aliphatic carbocycles. The summed E-state index contributed by atoms with van der Waals surface area (Å²) in [5.41, 5.74) is 2.73. The maximum absolute atomic E-state index is 10.8. The predicted octanol–water partition coefficient (Wildman–Crippen LogP) is 5.42. The van der Waals surface area contributed by atoms with Gasteiger partial charge in [-0.25, -0.2) is 4.79 Å². The highest BCUT2D eigenvalue weighted by Gasteiger charge is 2.38. The first kappa shape index (κ1) is 30.4. The zero-order valence-electron chi connectivity index (χ0n) is 19.6. The Balaban J connectivity index is 0.000000762. The molecule has 35 heavy (non-hydrogen) atoms. The number of aliphatic hydroxyl groups excluding tert-OH is 1. The highest BCUT2D eigenvalue weighted by molar-refractivity contribution is 6.31. The molecule has 0 heterocycles. The van der Waals surface area contributed by atoms with Crippen molar-refractivity contribution in [3.63, 3.8) is 0 Å². The minimum atomic E-state index is -5.08. The summed E-state index contributed by atoms with van der Waals surface area (Å²) in [6.07, 6.45) is -2.27. The van der Waals surface area contributed by atoms with Crippen LogP contribution in [0.15, 0.2) is 48.5 Å². The molecule has 0 bridgehead atoms. The summed E-state index contributed by atoms with van der Waals surface area (Å²) >= 11 is 6.25. The second-order valence-corrected chi connectivity index (χ2v) is 9.08. The van der Waals surface area contributed by atoms with E-state index in [-0.39, 0.29) is 12.0 Å². The van der Waals surface area contributed by atoms with Crippen LogP contribution in [0.3, 0.4) is 0 Å². The molecule has 4 N–H and O–H groups in total. The summed E-state index contributed by atoms with van der Waals surface area (Å²) in [6.45, 7) is 4.66. The van der Waals surface area contributed by atoms with E-state index in [0.717, 1.165) is 24.8 Å². The van der Waals surface area contributed by atoms with Crippen LogP contribution in [0.5, 0.6) is 0 Å². The standard InChI is InChI=1S/C23H30ClNO3.C2HF3O2/c1-23(2,14-6-9-17-7-4-3-5-8-17)25-16-21(26)19-15-18(10-12-20(19)24)11-13-22(27)28;3-2(4,5)1(6)7/h3-5,7-8,10,12,15,21,25-26H,6,9,11,13-14,16H2,1-2H3,(H,27,28);(H,6,7)/t21-;/m1./s1. The number of nitrogens with one attached hydrogen (secondary N) is 1. The van der Waals surface area contributed by atoms with Gasteiger partial charge in [0.05, 0.1) is 6.10 Å². The Morgan fingerprint density at radius 2 is 1.60 bits per heavy atom. The average molecular weight is 518 g/mol. The van der Waals surface area contributed by atoms with Crippen LogP contribution in [0.25, 0.3) is 0 Å². The molecule has 1 atom stereocenters. The van der Waals surface area contributed by atoms with Crippen molar-refractivity contribution in [1.29, 1.82) is 0 Å². The fraction of sp³-hybridized carbons (Fsp3) is 0.440. The number of carboxylic acid groups (broad SMARTS) is 2. The molecule has 194 valence electrons. The van der Waals surface area contributed by atoms with E-state index in [1.54, 1.807) is 12.1 Å². The van der Waals surface area contributed by atoms with Crippen molar-refractivity contribution in [2.24, 2.45) is 0 Å². The van der Waals surface area contributed by atoms with E-state index in [0.29, 0.717) is 23.6 Å². The number of alkyl halides is 3. The van der Waals surface area contributed by atoms with Gasteiger partial charge in [0.25, 0.3) is 0 Å². The Bertz CT molecular complexity index is 952. The molecular weight excluding hydrogens is 487 g/mol. The lowest BCUT2D eigenvalue weighted by Crippen LogP contribution is -2.41. The normalized spacial score (nSPS) is 12.4. The summed E-state index contributed by atoms with van der Waals surface area (Å²) < 4.78 is 31.7. The van der Waals surface area contributed by atoms with E-state index in [1.807, 2.05) is 12.1 Å². The highest BCUT2D eigenvalue weighted by Crippen LogP contribution is 2.25. The third-order valence-electron chi connectivity index (χ3n) is 5.17. The molecule has 6 nitrogen and oxygen atoms in total. The minimum absolute atomic E-state index is 0.0594. The Hall–Kier alpha value is -2.62. The molecule has 0 fully saturated rings. The van der Waals surface area contributed by atoms with Gasteiger partial charge in [-0.2, -0.15) is 13.2 Å². The first-order valence-electron chi connectivity index (χ1n) is 11.0. The van der Waals surface area contributed by atoms with Gasteiger partial charge in [-0.05, 0) is 56.7 Å². The van der Waals surface area contributed by atoms with Gasteiger partial charge < -0.3 is 20.6 Å². The van der Waals surface area contributed by atoms with Crippen molar-refractivity contribution in [1.82, 2.24) is 5.32 Å². The van der Waals surface area contributed by atoms with Gasteiger partial charge in [-0.1, -0.05) is 54.1 Å². The lowest BCUT2D eigenvalue weighted by atomic mass is 9.94. The fourth-order valence-corrected chi connectivity index (χ4v) is 3.45. The monoisotopic (exact) mass is 517 g/mol. The summed E-state index contributed by atoms with van der Waals surface area (Å²) in [6, 6.07) is 15.8. The molecule has 10 heteroatoms. The van der Waals surface area contributed by atoms with Gasteiger partial charge in [-0.3, -0.25) is 4.79 Å². The quantitative estimate of drug-likeness (QED) is 0.317. The van der Waals surface area contributed by atoms with Gasteiger partial charge in [0.1, 0.15) is 0 Å². The Morgan fingerprint density at radius 1 is 1.00 bits per heavy atom. The number of aliphatic hydroxyl groups is 1. The lowest BCUT2D eigenvalue weighted by Gasteiger charge is -2.28.